The minimum absolute atomic E-state index is 0.184. The average Bonchev–Trinajstić information content (AvgIpc) is 2.81. The van der Waals surface area contributed by atoms with E-state index in [9.17, 15) is 13.2 Å². The number of alkyl halides is 3. The molecule has 7 heteroatoms. The highest BCUT2D eigenvalue weighted by Crippen LogP contribution is 2.35. The Morgan fingerprint density at radius 3 is 2.81 bits per heavy atom. The molecule has 1 aliphatic heterocycles. The van der Waals surface area contributed by atoms with Gasteiger partial charge in [0, 0.05) is 30.1 Å². The number of benzene rings is 1. The molecule has 0 amide bonds. The van der Waals surface area contributed by atoms with E-state index < -0.39 is 11.9 Å². The summed E-state index contributed by atoms with van der Waals surface area (Å²) in [5.74, 6) is 0. The van der Waals surface area contributed by atoms with Gasteiger partial charge in [-0.15, -0.1) is 0 Å². The normalized spacial score (nSPS) is 15.1. The predicted octanol–water partition coefficient (Wildman–Crippen LogP) is 3.50. The summed E-state index contributed by atoms with van der Waals surface area (Å²) in [7, 11) is 0. The molecule has 112 valence electrons. The highest BCUT2D eigenvalue weighted by molar-refractivity contribution is 6.31. The summed E-state index contributed by atoms with van der Waals surface area (Å²) in [5, 5.41) is 7.31. The van der Waals surface area contributed by atoms with Crippen LogP contribution in [-0.2, 0) is 19.1 Å². The molecule has 21 heavy (non-hydrogen) atoms. The van der Waals surface area contributed by atoms with Gasteiger partial charge >= 0.3 is 6.18 Å². The molecule has 0 atom stereocenters. The van der Waals surface area contributed by atoms with Gasteiger partial charge in [-0.25, -0.2) is 4.68 Å². The summed E-state index contributed by atoms with van der Waals surface area (Å²) in [4.78, 5) is 0. The predicted molar refractivity (Wildman–Crippen MR) is 73.7 cm³/mol. The van der Waals surface area contributed by atoms with Crippen LogP contribution in [0.2, 0.25) is 5.02 Å². The lowest BCUT2D eigenvalue weighted by Gasteiger charge is -2.17. The SMILES string of the molecule is Cc1c(Cl)cccc1-n1nc(C(F)(F)F)c2c1CCNC2. The second kappa shape index (κ2) is 5.03. The molecule has 1 aromatic heterocycles. The number of hydrogen-bond acceptors (Lipinski definition) is 2. The molecule has 0 unspecified atom stereocenters. The lowest BCUT2D eigenvalue weighted by molar-refractivity contribution is -0.142. The molecule has 0 bridgehead atoms. The van der Waals surface area contributed by atoms with Gasteiger partial charge in [0.25, 0.3) is 0 Å². The third-order valence-corrected chi connectivity index (χ3v) is 4.08. The van der Waals surface area contributed by atoms with Crippen molar-refractivity contribution in [1.82, 2.24) is 15.1 Å². The van der Waals surface area contributed by atoms with Crippen LogP contribution < -0.4 is 5.32 Å². The zero-order chi connectivity index (χ0) is 15.2. The largest absolute Gasteiger partial charge is 0.435 e. The van der Waals surface area contributed by atoms with E-state index in [2.05, 4.69) is 10.4 Å². The van der Waals surface area contributed by atoms with E-state index in [4.69, 9.17) is 11.6 Å². The Hall–Kier alpha value is -1.53. The van der Waals surface area contributed by atoms with Gasteiger partial charge in [0.15, 0.2) is 5.69 Å². The minimum Gasteiger partial charge on any atom is -0.312 e. The molecule has 2 aromatic rings. The van der Waals surface area contributed by atoms with Crippen molar-refractivity contribution in [3.63, 3.8) is 0 Å². The first-order valence-electron chi connectivity index (χ1n) is 6.53. The molecule has 0 saturated heterocycles. The Morgan fingerprint density at radius 2 is 2.10 bits per heavy atom. The van der Waals surface area contributed by atoms with Crippen LogP contribution in [0, 0.1) is 6.92 Å². The van der Waals surface area contributed by atoms with Gasteiger partial charge < -0.3 is 5.32 Å². The highest BCUT2D eigenvalue weighted by Gasteiger charge is 2.39. The van der Waals surface area contributed by atoms with E-state index >= 15 is 0 Å². The molecule has 3 nitrogen and oxygen atoms in total. The maximum Gasteiger partial charge on any atom is 0.435 e. The fourth-order valence-corrected chi connectivity index (χ4v) is 2.77. The van der Waals surface area contributed by atoms with Crippen molar-refractivity contribution in [2.45, 2.75) is 26.1 Å². The zero-order valence-electron chi connectivity index (χ0n) is 11.3. The van der Waals surface area contributed by atoms with Crippen LogP contribution in [0.3, 0.4) is 0 Å². The van der Waals surface area contributed by atoms with Crippen LogP contribution >= 0.6 is 11.6 Å². The number of halogens is 4. The minimum atomic E-state index is -4.46. The van der Waals surface area contributed by atoms with Crippen molar-refractivity contribution in [2.24, 2.45) is 0 Å². The van der Waals surface area contributed by atoms with E-state index in [1.165, 1.54) is 4.68 Å². The fourth-order valence-electron chi connectivity index (χ4n) is 2.60. The monoisotopic (exact) mass is 315 g/mol. The summed E-state index contributed by atoms with van der Waals surface area (Å²) in [6.45, 7) is 2.60. The van der Waals surface area contributed by atoms with Gasteiger partial charge in [0.2, 0.25) is 0 Å². The van der Waals surface area contributed by atoms with Gasteiger partial charge in [-0.1, -0.05) is 17.7 Å². The summed E-state index contributed by atoms with van der Waals surface area (Å²) >= 11 is 6.07. The van der Waals surface area contributed by atoms with E-state index in [1.54, 1.807) is 25.1 Å². The van der Waals surface area contributed by atoms with E-state index in [1.807, 2.05) is 0 Å². The van der Waals surface area contributed by atoms with Gasteiger partial charge in [0.1, 0.15) is 0 Å². The van der Waals surface area contributed by atoms with E-state index in [0.717, 1.165) is 5.56 Å². The Kier molecular flexibility index (Phi) is 3.45. The summed E-state index contributed by atoms with van der Waals surface area (Å²) < 4.78 is 40.9. The molecule has 3 rings (SSSR count). The highest BCUT2D eigenvalue weighted by atomic mass is 35.5. The third kappa shape index (κ3) is 2.42. The Morgan fingerprint density at radius 1 is 1.33 bits per heavy atom. The first-order chi connectivity index (χ1) is 9.89. The van der Waals surface area contributed by atoms with Gasteiger partial charge in [-0.2, -0.15) is 18.3 Å². The lowest BCUT2D eigenvalue weighted by Crippen LogP contribution is -2.26. The first kappa shape index (κ1) is 14.4. The van der Waals surface area contributed by atoms with E-state index in [0.29, 0.717) is 29.4 Å². The van der Waals surface area contributed by atoms with Crippen LogP contribution in [0.15, 0.2) is 18.2 Å². The topological polar surface area (TPSA) is 29.9 Å². The quantitative estimate of drug-likeness (QED) is 0.873. The molecule has 0 saturated carbocycles. The van der Waals surface area contributed by atoms with Gasteiger partial charge in [-0.05, 0) is 24.6 Å². The Bertz CT molecular complexity index is 692. The van der Waals surface area contributed by atoms with Gasteiger partial charge in [-0.3, -0.25) is 0 Å². The van der Waals surface area contributed by atoms with E-state index in [-0.39, 0.29) is 12.1 Å². The van der Waals surface area contributed by atoms with Crippen LogP contribution in [0.5, 0.6) is 0 Å². The van der Waals surface area contributed by atoms with Crippen molar-refractivity contribution in [3.8, 4) is 5.69 Å². The third-order valence-electron chi connectivity index (χ3n) is 3.67. The Balaban J connectivity index is 2.24. The molecule has 1 aromatic carbocycles. The van der Waals surface area contributed by atoms with Crippen molar-refractivity contribution in [3.05, 3.63) is 45.7 Å². The lowest BCUT2D eigenvalue weighted by atomic mass is 10.1. The molecule has 0 radical (unpaired) electrons. The molecule has 0 fully saturated rings. The van der Waals surface area contributed by atoms with Crippen LogP contribution in [-0.4, -0.2) is 16.3 Å². The second-order valence-corrected chi connectivity index (χ2v) is 5.40. The molecule has 0 spiro atoms. The zero-order valence-corrected chi connectivity index (χ0v) is 12.0. The number of nitrogens with one attached hydrogen (secondary N) is 1. The number of rotatable bonds is 1. The van der Waals surface area contributed by atoms with Crippen molar-refractivity contribution in [1.29, 1.82) is 0 Å². The van der Waals surface area contributed by atoms with Crippen molar-refractivity contribution >= 4 is 11.6 Å². The van der Waals surface area contributed by atoms with Crippen LogP contribution in [0.25, 0.3) is 5.69 Å². The molecule has 1 N–H and O–H groups in total. The maximum atomic E-state index is 13.2. The van der Waals surface area contributed by atoms with Crippen LogP contribution in [0.1, 0.15) is 22.5 Å². The molecule has 0 aliphatic carbocycles. The van der Waals surface area contributed by atoms with Crippen LogP contribution in [0.4, 0.5) is 13.2 Å². The first-order valence-corrected chi connectivity index (χ1v) is 6.91. The smallest absolute Gasteiger partial charge is 0.312 e. The number of fused-ring (bicyclic) bond motifs is 1. The molecular weight excluding hydrogens is 303 g/mol. The summed E-state index contributed by atoms with van der Waals surface area (Å²) in [5.41, 5.74) is 1.33. The molecular formula is C14H13ClF3N3. The van der Waals surface area contributed by atoms with Crippen molar-refractivity contribution in [2.75, 3.05) is 6.54 Å². The average molecular weight is 316 g/mol. The number of hydrogen-bond donors (Lipinski definition) is 1. The van der Waals surface area contributed by atoms with Gasteiger partial charge in [0.05, 0.1) is 11.4 Å². The number of nitrogens with zero attached hydrogens (tertiary/aromatic N) is 2. The standard InChI is InChI=1S/C14H13ClF3N3/c1-8-10(15)3-2-4-11(8)21-12-5-6-19-7-9(12)13(20-21)14(16,17)18/h2-4,19H,5-7H2,1H3. The summed E-state index contributed by atoms with van der Waals surface area (Å²) in [6, 6.07) is 5.16. The molecule has 1 aliphatic rings. The second-order valence-electron chi connectivity index (χ2n) is 4.99. The maximum absolute atomic E-state index is 13.2. The Labute approximate surface area is 124 Å². The van der Waals surface area contributed by atoms with Crippen molar-refractivity contribution < 1.29 is 13.2 Å². The summed E-state index contributed by atoms with van der Waals surface area (Å²) in [6.07, 6.45) is -3.95. The number of aromatic nitrogens is 2. The fraction of sp³-hybridized carbons (Fsp3) is 0.357. The molecule has 2 heterocycles.